The highest BCUT2D eigenvalue weighted by molar-refractivity contribution is 5.83. The fourth-order valence-electron chi connectivity index (χ4n) is 2.73. The maximum absolute atomic E-state index is 12.1. The van der Waals surface area contributed by atoms with Gasteiger partial charge in [0.05, 0.1) is 0 Å². The van der Waals surface area contributed by atoms with Gasteiger partial charge in [0.15, 0.2) is 0 Å². The third-order valence-corrected chi connectivity index (χ3v) is 4.01. The van der Waals surface area contributed by atoms with Crippen molar-refractivity contribution in [2.24, 2.45) is 11.3 Å². The van der Waals surface area contributed by atoms with Gasteiger partial charge in [-0.3, -0.25) is 0 Å². The van der Waals surface area contributed by atoms with Gasteiger partial charge in [0, 0.05) is 13.1 Å². The number of carbonyl (C=O) groups excluding carboxylic acids is 1. The monoisotopic (exact) mass is 254 g/mol. The maximum atomic E-state index is 12.1. The van der Waals surface area contributed by atoms with Crippen molar-refractivity contribution in [3.8, 4) is 0 Å². The van der Waals surface area contributed by atoms with Gasteiger partial charge in [0.1, 0.15) is 6.04 Å². The Morgan fingerprint density at radius 2 is 2.06 bits per heavy atom. The van der Waals surface area contributed by atoms with Crippen molar-refractivity contribution in [1.82, 2.24) is 10.2 Å². The van der Waals surface area contributed by atoms with E-state index in [2.05, 4.69) is 5.32 Å². The van der Waals surface area contributed by atoms with Crippen molar-refractivity contribution in [2.75, 3.05) is 13.1 Å². The van der Waals surface area contributed by atoms with Crippen LogP contribution in [0.1, 0.15) is 39.5 Å². The zero-order chi connectivity index (χ0) is 13.3. The fourth-order valence-corrected chi connectivity index (χ4v) is 2.73. The molecule has 1 aliphatic carbocycles. The SMILES string of the molecule is CC1(C)CCCN(C(=O)NCC2CC2)C1C(=O)O. The quantitative estimate of drug-likeness (QED) is 0.805. The summed E-state index contributed by atoms with van der Waals surface area (Å²) in [6.07, 6.45) is 4.06. The Kier molecular flexibility index (Phi) is 3.50. The van der Waals surface area contributed by atoms with Crippen molar-refractivity contribution in [1.29, 1.82) is 0 Å². The number of nitrogens with zero attached hydrogens (tertiary/aromatic N) is 1. The highest BCUT2D eigenvalue weighted by Crippen LogP contribution is 2.35. The Hall–Kier alpha value is -1.26. The van der Waals surface area contributed by atoms with Crippen LogP contribution >= 0.6 is 0 Å². The van der Waals surface area contributed by atoms with E-state index in [-0.39, 0.29) is 11.4 Å². The first-order valence-electron chi connectivity index (χ1n) is 6.69. The van der Waals surface area contributed by atoms with Crippen LogP contribution in [0.5, 0.6) is 0 Å². The molecule has 1 heterocycles. The molecule has 0 aromatic rings. The Morgan fingerprint density at radius 3 is 2.61 bits per heavy atom. The van der Waals surface area contributed by atoms with E-state index in [1.165, 1.54) is 17.7 Å². The molecule has 0 spiro atoms. The number of hydrogen-bond acceptors (Lipinski definition) is 2. The number of piperidine rings is 1. The average Bonchev–Trinajstić information content (AvgIpc) is 3.07. The molecule has 5 nitrogen and oxygen atoms in total. The van der Waals surface area contributed by atoms with Crippen molar-refractivity contribution in [2.45, 2.75) is 45.6 Å². The Bertz CT molecular complexity index is 350. The molecule has 102 valence electrons. The van der Waals surface area contributed by atoms with E-state index in [1.54, 1.807) is 0 Å². The summed E-state index contributed by atoms with van der Waals surface area (Å²) in [5.74, 6) is -0.295. The van der Waals surface area contributed by atoms with Gasteiger partial charge in [-0.05, 0) is 37.0 Å². The van der Waals surface area contributed by atoms with Gasteiger partial charge in [-0.2, -0.15) is 0 Å². The number of carbonyl (C=O) groups is 2. The van der Waals surface area contributed by atoms with Gasteiger partial charge < -0.3 is 15.3 Å². The number of urea groups is 1. The lowest BCUT2D eigenvalue weighted by molar-refractivity contribution is -0.148. The molecule has 2 fully saturated rings. The van der Waals surface area contributed by atoms with Crippen molar-refractivity contribution >= 4 is 12.0 Å². The van der Waals surface area contributed by atoms with Crippen LogP contribution in [0.4, 0.5) is 4.79 Å². The highest BCUT2D eigenvalue weighted by Gasteiger charge is 2.44. The van der Waals surface area contributed by atoms with E-state index < -0.39 is 12.0 Å². The van der Waals surface area contributed by atoms with Gasteiger partial charge >= 0.3 is 12.0 Å². The normalized spacial score (nSPS) is 26.8. The summed E-state index contributed by atoms with van der Waals surface area (Å²) in [7, 11) is 0. The molecule has 1 aliphatic heterocycles. The molecule has 0 radical (unpaired) electrons. The minimum Gasteiger partial charge on any atom is -0.480 e. The molecule has 2 N–H and O–H groups in total. The van der Waals surface area contributed by atoms with E-state index in [0.717, 1.165) is 12.8 Å². The molecule has 1 saturated carbocycles. The van der Waals surface area contributed by atoms with E-state index in [1.807, 2.05) is 13.8 Å². The van der Waals surface area contributed by atoms with E-state index in [4.69, 9.17) is 0 Å². The summed E-state index contributed by atoms with van der Waals surface area (Å²) < 4.78 is 0. The topological polar surface area (TPSA) is 69.6 Å². The molecule has 0 bridgehead atoms. The van der Waals surface area contributed by atoms with Crippen LogP contribution in [-0.4, -0.2) is 41.1 Å². The lowest BCUT2D eigenvalue weighted by Gasteiger charge is -2.43. The minimum absolute atomic E-state index is 0.220. The molecular formula is C13H22N2O3. The lowest BCUT2D eigenvalue weighted by atomic mass is 9.76. The zero-order valence-corrected chi connectivity index (χ0v) is 11.1. The molecule has 1 saturated heterocycles. The van der Waals surface area contributed by atoms with Crippen molar-refractivity contribution in [3.05, 3.63) is 0 Å². The number of aliphatic carboxylic acids is 1. The smallest absolute Gasteiger partial charge is 0.327 e. The van der Waals surface area contributed by atoms with E-state index in [0.29, 0.717) is 19.0 Å². The first kappa shape index (κ1) is 13.2. The lowest BCUT2D eigenvalue weighted by Crippen LogP contribution is -2.58. The van der Waals surface area contributed by atoms with Crippen LogP contribution in [0, 0.1) is 11.3 Å². The molecular weight excluding hydrogens is 232 g/mol. The number of carboxylic acids is 1. The van der Waals surface area contributed by atoms with Crippen LogP contribution < -0.4 is 5.32 Å². The fraction of sp³-hybridized carbons (Fsp3) is 0.846. The van der Waals surface area contributed by atoms with Gasteiger partial charge in [-0.25, -0.2) is 9.59 Å². The maximum Gasteiger partial charge on any atom is 0.327 e. The standard InChI is InChI=1S/C13H22N2O3/c1-13(2)6-3-7-15(10(13)11(16)17)12(18)14-8-9-4-5-9/h9-10H,3-8H2,1-2H3,(H,14,18)(H,16,17). The molecule has 2 aliphatic rings. The molecule has 2 rings (SSSR count). The number of amides is 2. The van der Waals surface area contributed by atoms with Crippen molar-refractivity contribution in [3.63, 3.8) is 0 Å². The highest BCUT2D eigenvalue weighted by atomic mass is 16.4. The van der Waals surface area contributed by atoms with E-state index >= 15 is 0 Å². The van der Waals surface area contributed by atoms with Crippen LogP contribution in [0.25, 0.3) is 0 Å². The minimum atomic E-state index is -0.902. The zero-order valence-electron chi connectivity index (χ0n) is 11.1. The number of hydrogen-bond donors (Lipinski definition) is 2. The second-order valence-electron chi connectivity index (χ2n) is 6.16. The molecule has 0 aromatic heterocycles. The van der Waals surface area contributed by atoms with Crippen LogP contribution in [-0.2, 0) is 4.79 Å². The predicted octanol–water partition coefficient (Wildman–Crippen LogP) is 1.68. The first-order valence-corrected chi connectivity index (χ1v) is 6.69. The summed E-state index contributed by atoms with van der Waals surface area (Å²) in [5, 5.41) is 12.2. The Morgan fingerprint density at radius 1 is 1.39 bits per heavy atom. The second kappa shape index (κ2) is 4.78. The van der Waals surface area contributed by atoms with Crippen molar-refractivity contribution < 1.29 is 14.7 Å². The van der Waals surface area contributed by atoms with Gasteiger partial charge in [0.2, 0.25) is 0 Å². The molecule has 0 aromatic carbocycles. The molecule has 5 heteroatoms. The summed E-state index contributed by atoms with van der Waals surface area (Å²) in [5.41, 5.74) is -0.360. The summed E-state index contributed by atoms with van der Waals surface area (Å²) >= 11 is 0. The summed E-state index contributed by atoms with van der Waals surface area (Å²) in [4.78, 5) is 25.0. The molecule has 1 atom stereocenters. The van der Waals surface area contributed by atoms with Gasteiger partial charge in [-0.15, -0.1) is 0 Å². The third kappa shape index (κ3) is 2.76. The Labute approximate surface area is 108 Å². The largest absolute Gasteiger partial charge is 0.480 e. The predicted molar refractivity (Wildman–Crippen MR) is 67.3 cm³/mol. The third-order valence-electron chi connectivity index (χ3n) is 4.01. The van der Waals surface area contributed by atoms with Crippen LogP contribution in [0.2, 0.25) is 0 Å². The average molecular weight is 254 g/mol. The van der Waals surface area contributed by atoms with E-state index in [9.17, 15) is 14.7 Å². The number of rotatable bonds is 3. The van der Waals surface area contributed by atoms with Crippen LogP contribution in [0.15, 0.2) is 0 Å². The molecule has 1 unspecified atom stereocenters. The number of carboxylic acid groups (broad SMARTS) is 1. The molecule has 2 amide bonds. The first-order chi connectivity index (χ1) is 8.42. The van der Waals surface area contributed by atoms with Gasteiger partial charge in [0.25, 0.3) is 0 Å². The molecule has 18 heavy (non-hydrogen) atoms. The second-order valence-corrected chi connectivity index (χ2v) is 6.16. The summed E-state index contributed by atoms with van der Waals surface area (Å²) in [6.45, 7) is 5.07. The van der Waals surface area contributed by atoms with Crippen LogP contribution in [0.3, 0.4) is 0 Å². The number of nitrogens with one attached hydrogen (secondary N) is 1. The van der Waals surface area contributed by atoms with Gasteiger partial charge in [-0.1, -0.05) is 13.8 Å². The summed E-state index contributed by atoms with van der Waals surface area (Å²) in [6, 6.07) is -0.937. The Balaban J connectivity index is 2.02. The number of likely N-dealkylation sites (tertiary alicyclic amines) is 1.